The number of carbonyl (C=O) groups excluding carboxylic acids is 1. The van der Waals surface area contributed by atoms with Crippen LogP contribution in [-0.4, -0.2) is 48.3 Å². The van der Waals surface area contributed by atoms with Crippen LogP contribution in [0.15, 0.2) is 91.0 Å². The van der Waals surface area contributed by atoms with E-state index in [1.165, 1.54) is 6.92 Å². The molecule has 0 saturated carbocycles. The lowest BCUT2D eigenvalue weighted by Gasteiger charge is -2.37. The van der Waals surface area contributed by atoms with Crippen molar-refractivity contribution in [3.63, 3.8) is 0 Å². The Kier molecular flexibility index (Phi) is 9.07. The van der Waals surface area contributed by atoms with Crippen molar-refractivity contribution in [3.8, 4) is 0 Å². The predicted molar refractivity (Wildman–Crippen MR) is 137 cm³/mol. The van der Waals surface area contributed by atoms with Crippen LogP contribution in [0.3, 0.4) is 0 Å². The van der Waals surface area contributed by atoms with Gasteiger partial charge in [-0.25, -0.2) is 0 Å². The largest absolute Gasteiger partial charge is 0.456 e. The number of hydrogen-bond acceptors (Lipinski definition) is 5. The first-order valence-corrected chi connectivity index (χ1v) is 12.4. The highest BCUT2D eigenvalue weighted by Crippen LogP contribution is 2.29. The van der Waals surface area contributed by atoms with Crippen LogP contribution in [0.2, 0.25) is 0 Å². The maximum atomic E-state index is 11.7. The molecule has 1 N–H and O–H groups in total. The molecule has 1 aliphatic rings. The topological polar surface area (TPSA) is 59.0 Å². The molecule has 35 heavy (non-hydrogen) atoms. The molecule has 0 amide bonds. The van der Waals surface area contributed by atoms with Gasteiger partial charge in [0.15, 0.2) is 0 Å². The van der Waals surface area contributed by atoms with Gasteiger partial charge in [0.25, 0.3) is 0 Å². The lowest BCUT2D eigenvalue weighted by atomic mass is 9.90. The minimum Gasteiger partial charge on any atom is -0.456 e. The summed E-state index contributed by atoms with van der Waals surface area (Å²) in [7, 11) is 0. The zero-order valence-electron chi connectivity index (χ0n) is 20.3. The van der Waals surface area contributed by atoms with Crippen LogP contribution in [0.25, 0.3) is 0 Å². The number of aliphatic hydroxyl groups is 1. The summed E-state index contributed by atoms with van der Waals surface area (Å²) in [6.07, 6.45) is 0.793. The Morgan fingerprint density at radius 2 is 1.46 bits per heavy atom. The number of likely N-dealkylation sites (tertiary alicyclic amines) is 1. The smallest absolute Gasteiger partial charge is 0.303 e. The SMILES string of the molecule is CC(=O)O[C@H](CN1CC[C@H](CCOC(c2ccccc2)c2ccccc2)[C@@H](O)C1)c1ccccc1. The quantitative estimate of drug-likeness (QED) is 0.412. The number of aliphatic hydroxyl groups excluding tert-OH is 1. The minimum atomic E-state index is -0.437. The van der Waals surface area contributed by atoms with E-state index in [1.807, 2.05) is 66.7 Å². The van der Waals surface area contributed by atoms with E-state index >= 15 is 0 Å². The summed E-state index contributed by atoms with van der Waals surface area (Å²) in [6.45, 7) is 4.02. The van der Waals surface area contributed by atoms with E-state index < -0.39 is 6.10 Å². The second-order valence-corrected chi connectivity index (χ2v) is 9.25. The van der Waals surface area contributed by atoms with Gasteiger partial charge in [-0.1, -0.05) is 91.0 Å². The molecule has 3 aromatic carbocycles. The van der Waals surface area contributed by atoms with Crippen LogP contribution < -0.4 is 0 Å². The Balaban J connectivity index is 1.31. The van der Waals surface area contributed by atoms with Crippen molar-refractivity contribution < 1.29 is 19.4 Å². The Hall–Kier alpha value is -2.99. The monoisotopic (exact) mass is 473 g/mol. The molecule has 3 aromatic rings. The molecule has 4 rings (SSSR count). The minimum absolute atomic E-state index is 0.120. The van der Waals surface area contributed by atoms with Crippen molar-refractivity contribution in [2.45, 2.75) is 38.1 Å². The molecular weight excluding hydrogens is 438 g/mol. The molecular formula is C30H35NO4. The van der Waals surface area contributed by atoms with Crippen LogP contribution in [-0.2, 0) is 14.3 Å². The van der Waals surface area contributed by atoms with Crippen molar-refractivity contribution in [2.75, 3.05) is 26.2 Å². The number of benzene rings is 3. The molecule has 0 spiro atoms. The third-order valence-corrected chi connectivity index (χ3v) is 6.69. The highest BCUT2D eigenvalue weighted by molar-refractivity contribution is 5.66. The van der Waals surface area contributed by atoms with E-state index in [1.54, 1.807) is 0 Å². The summed E-state index contributed by atoms with van der Waals surface area (Å²) in [4.78, 5) is 13.9. The molecule has 5 nitrogen and oxygen atoms in total. The van der Waals surface area contributed by atoms with Crippen LogP contribution in [0.1, 0.15) is 48.7 Å². The van der Waals surface area contributed by atoms with Gasteiger partial charge in [-0.2, -0.15) is 0 Å². The zero-order valence-corrected chi connectivity index (χ0v) is 20.3. The van der Waals surface area contributed by atoms with E-state index in [0.717, 1.165) is 36.1 Å². The van der Waals surface area contributed by atoms with Crippen molar-refractivity contribution in [1.82, 2.24) is 4.90 Å². The molecule has 0 aromatic heterocycles. The van der Waals surface area contributed by atoms with E-state index in [2.05, 4.69) is 29.2 Å². The molecule has 0 unspecified atom stereocenters. The number of carbonyl (C=O) groups is 1. The summed E-state index contributed by atoms with van der Waals surface area (Å²) >= 11 is 0. The van der Waals surface area contributed by atoms with Gasteiger partial charge in [0, 0.05) is 26.6 Å². The maximum Gasteiger partial charge on any atom is 0.303 e. The molecule has 0 radical (unpaired) electrons. The normalized spacial score (nSPS) is 19.4. The average Bonchev–Trinajstić information content (AvgIpc) is 2.88. The summed E-state index contributed by atoms with van der Waals surface area (Å²) in [5.41, 5.74) is 3.23. The van der Waals surface area contributed by atoms with Gasteiger partial charge < -0.3 is 14.6 Å². The molecule has 1 heterocycles. The predicted octanol–water partition coefficient (Wildman–Crippen LogP) is 5.17. The van der Waals surface area contributed by atoms with Gasteiger partial charge in [-0.3, -0.25) is 9.69 Å². The molecule has 5 heteroatoms. The van der Waals surface area contributed by atoms with E-state index in [-0.39, 0.29) is 24.1 Å². The second kappa shape index (κ2) is 12.6. The fraction of sp³-hybridized carbons (Fsp3) is 0.367. The van der Waals surface area contributed by atoms with Gasteiger partial charge in [-0.05, 0) is 42.0 Å². The van der Waals surface area contributed by atoms with Gasteiger partial charge in [-0.15, -0.1) is 0 Å². The van der Waals surface area contributed by atoms with E-state index in [4.69, 9.17) is 9.47 Å². The molecule has 0 bridgehead atoms. The lowest BCUT2D eigenvalue weighted by molar-refractivity contribution is -0.148. The van der Waals surface area contributed by atoms with Crippen LogP contribution in [0.4, 0.5) is 0 Å². The first kappa shape index (κ1) is 25.1. The molecule has 1 aliphatic heterocycles. The Labute approximate surface area is 208 Å². The van der Waals surface area contributed by atoms with Crippen molar-refractivity contribution in [3.05, 3.63) is 108 Å². The van der Waals surface area contributed by atoms with Gasteiger partial charge >= 0.3 is 5.97 Å². The number of esters is 1. The Morgan fingerprint density at radius 1 is 0.914 bits per heavy atom. The van der Waals surface area contributed by atoms with Crippen LogP contribution in [0, 0.1) is 5.92 Å². The number of ether oxygens (including phenoxy) is 2. The summed E-state index contributed by atoms with van der Waals surface area (Å²) in [5, 5.41) is 10.9. The molecule has 184 valence electrons. The molecule has 3 atom stereocenters. The fourth-order valence-corrected chi connectivity index (χ4v) is 4.84. The fourth-order valence-electron chi connectivity index (χ4n) is 4.84. The van der Waals surface area contributed by atoms with E-state index in [9.17, 15) is 9.90 Å². The second-order valence-electron chi connectivity index (χ2n) is 9.25. The number of piperidine rings is 1. The van der Waals surface area contributed by atoms with Crippen molar-refractivity contribution in [2.24, 2.45) is 5.92 Å². The van der Waals surface area contributed by atoms with Gasteiger partial charge in [0.2, 0.25) is 0 Å². The highest BCUT2D eigenvalue weighted by atomic mass is 16.5. The standard InChI is InChI=1S/C30H35NO4/c1-23(32)35-29(25-11-5-2-6-12-25)22-31-19-17-24(28(33)21-31)18-20-34-30(26-13-7-3-8-14-26)27-15-9-4-10-16-27/h2-16,24,28-30,33H,17-22H2,1H3/t24-,28+,29-/m1/s1. The number of hydrogen-bond donors (Lipinski definition) is 1. The first-order valence-electron chi connectivity index (χ1n) is 12.4. The molecule has 1 saturated heterocycles. The van der Waals surface area contributed by atoms with Crippen LogP contribution in [0.5, 0.6) is 0 Å². The van der Waals surface area contributed by atoms with Crippen molar-refractivity contribution >= 4 is 5.97 Å². The third-order valence-electron chi connectivity index (χ3n) is 6.69. The first-order chi connectivity index (χ1) is 17.1. The summed E-state index contributed by atoms with van der Waals surface area (Å²) in [5.74, 6) is -0.111. The van der Waals surface area contributed by atoms with Crippen molar-refractivity contribution in [1.29, 1.82) is 0 Å². The average molecular weight is 474 g/mol. The zero-order chi connectivity index (χ0) is 24.5. The third kappa shape index (κ3) is 7.25. The number of nitrogens with zero attached hydrogens (tertiary/aromatic N) is 1. The van der Waals surface area contributed by atoms with E-state index in [0.29, 0.717) is 19.7 Å². The van der Waals surface area contributed by atoms with Gasteiger partial charge in [0.1, 0.15) is 12.2 Å². The lowest BCUT2D eigenvalue weighted by Crippen LogP contribution is -2.45. The number of β-amino-alcohol motifs (C(OH)–C–C–N with tert-alkyl or cyclic N) is 1. The highest BCUT2D eigenvalue weighted by Gasteiger charge is 2.30. The Bertz CT molecular complexity index is 988. The van der Waals surface area contributed by atoms with Gasteiger partial charge in [0.05, 0.1) is 6.10 Å². The molecule has 0 aliphatic carbocycles. The maximum absolute atomic E-state index is 11.7. The van der Waals surface area contributed by atoms with Crippen LogP contribution >= 0.6 is 0 Å². The number of rotatable bonds is 10. The Morgan fingerprint density at radius 3 is 1.97 bits per heavy atom. The summed E-state index contributed by atoms with van der Waals surface area (Å²) < 4.78 is 12.0. The molecule has 1 fully saturated rings. The summed E-state index contributed by atoms with van der Waals surface area (Å²) in [6, 6.07) is 30.3.